The van der Waals surface area contributed by atoms with Gasteiger partial charge < -0.3 is 15.4 Å². The van der Waals surface area contributed by atoms with Gasteiger partial charge in [-0.2, -0.15) is 0 Å². The van der Waals surface area contributed by atoms with E-state index in [-0.39, 0.29) is 30.3 Å². The third-order valence-electron chi connectivity index (χ3n) is 3.70. The SMILES string of the molecule is Cc1cc2c(c(F)c1N)OCC(=O)N2Cc1ccc(F)c(F)c1. The summed E-state index contributed by atoms with van der Waals surface area (Å²) in [6.45, 7) is 1.22. The summed E-state index contributed by atoms with van der Waals surface area (Å²) in [5, 5.41) is 0. The van der Waals surface area contributed by atoms with Crippen LogP contribution >= 0.6 is 0 Å². The fourth-order valence-corrected chi connectivity index (χ4v) is 2.43. The third-order valence-corrected chi connectivity index (χ3v) is 3.70. The van der Waals surface area contributed by atoms with Crippen LogP contribution in [0.3, 0.4) is 0 Å². The number of hydrogen-bond acceptors (Lipinski definition) is 3. The maximum Gasteiger partial charge on any atom is 0.265 e. The molecule has 0 saturated heterocycles. The molecule has 0 atom stereocenters. The van der Waals surface area contributed by atoms with Crippen molar-refractivity contribution < 1.29 is 22.7 Å². The highest BCUT2D eigenvalue weighted by Gasteiger charge is 2.30. The molecule has 2 aromatic rings. The molecule has 2 aromatic carbocycles. The van der Waals surface area contributed by atoms with E-state index < -0.39 is 23.4 Å². The molecule has 1 aliphatic heterocycles. The number of hydrogen-bond donors (Lipinski definition) is 1. The first-order valence-electron chi connectivity index (χ1n) is 6.84. The maximum absolute atomic E-state index is 14.2. The van der Waals surface area contributed by atoms with E-state index >= 15 is 0 Å². The number of benzene rings is 2. The van der Waals surface area contributed by atoms with Crippen LogP contribution in [0.15, 0.2) is 24.3 Å². The van der Waals surface area contributed by atoms with Gasteiger partial charge >= 0.3 is 0 Å². The van der Waals surface area contributed by atoms with Gasteiger partial charge in [0.15, 0.2) is 29.8 Å². The minimum absolute atomic E-state index is 0.0325. The van der Waals surface area contributed by atoms with Crippen LogP contribution in [-0.4, -0.2) is 12.5 Å². The van der Waals surface area contributed by atoms with Gasteiger partial charge in [-0.3, -0.25) is 4.79 Å². The largest absolute Gasteiger partial charge is 0.478 e. The molecule has 0 radical (unpaired) electrons. The number of aryl methyl sites for hydroxylation is 1. The van der Waals surface area contributed by atoms with E-state index in [1.54, 1.807) is 6.92 Å². The number of carbonyl (C=O) groups is 1. The number of halogens is 3. The number of ether oxygens (including phenoxy) is 1. The van der Waals surface area contributed by atoms with Crippen molar-refractivity contribution in [3.8, 4) is 5.75 Å². The van der Waals surface area contributed by atoms with Crippen LogP contribution in [0.4, 0.5) is 24.5 Å². The van der Waals surface area contributed by atoms with Crippen LogP contribution in [0, 0.1) is 24.4 Å². The molecule has 0 unspecified atom stereocenters. The summed E-state index contributed by atoms with van der Waals surface area (Å²) < 4.78 is 45.7. The standard InChI is InChI=1S/C16H13F3N2O2/c1-8-4-12-16(14(19)15(8)20)23-7-13(22)21(12)6-9-2-3-10(17)11(18)5-9/h2-5H,6-7,20H2,1H3. The summed E-state index contributed by atoms with van der Waals surface area (Å²) in [5.74, 6) is -3.25. The van der Waals surface area contributed by atoms with E-state index in [0.717, 1.165) is 12.1 Å². The Morgan fingerprint density at radius 2 is 1.96 bits per heavy atom. The van der Waals surface area contributed by atoms with E-state index in [1.165, 1.54) is 17.0 Å². The van der Waals surface area contributed by atoms with Crippen molar-refractivity contribution in [3.05, 3.63) is 52.8 Å². The Balaban J connectivity index is 2.03. The lowest BCUT2D eigenvalue weighted by Crippen LogP contribution is -2.38. The first kappa shape index (κ1) is 15.2. The van der Waals surface area contributed by atoms with Crippen LogP contribution in [0.25, 0.3) is 0 Å². The lowest BCUT2D eigenvalue weighted by atomic mass is 10.1. The molecule has 4 nitrogen and oxygen atoms in total. The molecular formula is C16H13F3N2O2. The monoisotopic (exact) mass is 322 g/mol. The predicted octanol–water partition coefficient (Wildman–Crippen LogP) is 2.92. The Morgan fingerprint density at radius 3 is 2.65 bits per heavy atom. The lowest BCUT2D eigenvalue weighted by molar-refractivity contribution is -0.121. The zero-order valence-electron chi connectivity index (χ0n) is 12.2. The molecule has 0 bridgehead atoms. The van der Waals surface area contributed by atoms with Gasteiger partial charge in [-0.1, -0.05) is 6.07 Å². The van der Waals surface area contributed by atoms with E-state index in [0.29, 0.717) is 11.1 Å². The fraction of sp³-hybridized carbons (Fsp3) is 0.188. The van der Waals surface area contributed by atoms with Gasteiger partial charge in [-0.05, 0) is 36.2 Å². The van der Waals surface area contributed by atoms with Crippen molar-refractivity contribution in [2.75, 3.05) is 17.2 Å². The van der Waals surface area contributed by atoms with Crippen molar-refractivity contribution >= 4 is 17.3 Å². The number of nitrogens with two attached hydrogens (primary N) is 1. The van der Waals surface area contributed by atoms with Crippen LogP contribution in [0.1, 0.15) is 11.1 Å². The van der Waals surface area contributed by atoms with Crippen molar-refractivity contribution in [2.45, 2.75) is 13.5 Å². The smallest absolute Gasteiger partial charge is 0.265 e. The first-order chi connectivity index (χ1) is 10.9. The second kappa shape index (κ2) is 5.49. The first-order valence-corrected chi connectivity index (χ1v) is 6.84. The molecule has 0 saturated carbocycles. The topological polar surface area (TPSA) is 55.6 Å². The molecule has 1 aliphatic rings. The van der Waals surface area contributed by atoms with Gasteiger partial charge in [0.25, 0.3) is 5.91 Å². The number of nitrogens with zero attached hydrogens (tertiary/aromatic N) is 1. The van der Waals surface area contributed by atoms with Crippen molar-refractivity contribution in [1.29, 1.82) is 0 Å². The number of anilines is 2. The second-order valence-electron chi connectivity index (χ2n) is 5.29. The van der Waals surface area contributed by atoms with Gasteiger partial charge in [-0.25, -0.2) is 13.2 Å². The van der Waals surface area contributed by atoms with Crippen molar-refractivity contribution in [1.82, 2.24) is 0 Å². The van der Waals surface area contributed by atoms with E-state index in [9.17, 15) is 18.0 Å². The normalized spacial score (nSPS) is 13.7. The molecule has 2 N–H and O–H groups in total. The quantitative estimate of drug-likeness (QED) is 0.865. The molecule has 1 heterocycles. The van der Waals surface area contributed by atoms with Crippen LogP contribution < -0.4 is 15.4 Å². The summed E-state index contributed by atoms with van der Waals surface area (Å²) in [6, 6.07) is 4.87. The number of fused-ring (bicyclic) bond motifs is 1. The average Bonchev–Trinajstić information content (AvgIpc) is 2.51. The summed E-state index contributed by atoms with van der Waals surface area (Å²) in [4.78, 5) is 13.4. The maximum atomic E-state index is 14.2. The van der Waals surface area contributed by atoms with E-state index in [1.807, 2.05) is 0 Å². The van der Waals surface area contributed by atoms with Gasteiger partial charge in [0.1, 0.15) is 0 Å². The predicted molar refractivity (Wildman–Crippen MR) is 78.6 cm³/mol. The molecule has 0 aliphatic carbocycles. The zero-order chi connectivity index (χ0) is 16.7. The van der Waals surface area contributed by atoms with Gasteiger partial charge in [0, 0.05) is 0 Å². The highest BCUT2D eigenvalue weighted by molar-refractivity contribution is 5.98. The van der Waals surface area contributed by atoms with E-state index in [4.69, 9.17) is 10.5 Å². The molecule has 0 aromatic heterocycles. The van der Waals surface area contributed by atoms with Crippen molar-refractivity contribution in [2.24, 2.45) is 0 Å². The Hall–Kier alpha value is -2.70. The molecule has 3 rings (SSSR count). The van der Waals surface area contributed by atoms with Crippen LogP contribution in [-0.2, 0) is 11.3 Å². The summed E-state index contributed by atoms with van der Waals surface area (Å²) in [7, 11) is 0. The Labute approximate surface area is 130 Å². The summed E-state index contributed by atoms with van der Waals surface area (Å²) in [6.07, 6.45) is 0. The minimum atomic E-state index is -1.01. The Kier molecular flexibility index (Phi) is 3.63. The fourth-order valence-electron chi connectivity index (χ4n) is 2.43. The molecule has 23 heavy (non-hydrogen) atoms. The van der Waals surface area contributed by atoms with Crippen molar-refractivity contribution in [3.63, 3.8) is 0 Å². The zero-order valence-corrected chi connectivity index (χ0v) is 12.2. The summed E-state index contributed by atoms with van der Waals surface area (Å²) in [5.41, 5.74) is 6.62. The highest BCUT2D eigenvalue weighted by Crippen LogP contribution is 2.39. The Bertz CT molecular complexity index is 808. The average molecular weight is 322 g/mol. The number of amides is 1. The third kappa shape index (κ3) is 2.58. The molecular weight excluding hydrogens is 309 g/mol. The van der Waals surface area contributed by atoms with Gasteiger partial charge in [-0.15, -0.1) is 0 Å². The molecule has 120 valence electrons. The lowest BCUT2D eigenvalue weighted by Gasteiger charge is -2.30. The van der Waals surface area contributed by atoms with Crippen LogP contribution in [0.2, 0.25) is 0 Å². The van der Waals surface area contributed by atoms with Gasteiger partial charge in [0.05, 0.1) is 17.9 Å². The van der Waals surface area contributed by atoms with Crippen LogP contribution in [0.5, 0.6) is 5.75 Å². The molecule has 1 amide bonds. The molecule has 7 heteroatoms. The number of nitrogen functional groups attached to an aromatic ring is 1. The van der Waals surface area contributed by atoms with E-state index in [2.05, 4.69) is 0 Å². The molecule has 0 fully saturated rings. The number of carbonyl (C=O) groups excluding carboxylic acids is 1. The van der Waals surface area contributed by atoms with Gasteiger partial charge in [0.2, 0.25) is 0 Å². The Morgan fingerprint density at radius 1 is 1.22 bits per heavy atom. The molecule has 0 spiro atoms. The summed E-state index contributed by atoms with van der Waals surface area (Å²) >= 11 is 0. The number of rotatable bonds is 2. The highest BCUT2D eigenvalue weighted by atomic mass is 19.2. The second-order valence-corrected chi connectivity index (χ2v) is 5.29. The minimum Gasteiger partial charge on any atom is -0.478 e.